The fourth-order valence-corrected chi connectivity index (χ4v) is 4.39. The van der Waals surface area contributed by atoms with Crippen molar-refractivity contribution in [2.45, 2.75) is 46.2 Å². The van der Waals surface area contributed by atoms with Crippen LogP contribution in [-0.4, -0.2) is 26.6 Å². The van der Waals surface area contributed by atoms with Crippen molar-refractivity contribution in [1.82, 2.24) is 5.32 Å². The van der Waals surface area contributed by atoms with Crippen molar-refractivity contribution in [2.24, 2.45) is 0 Å². The highest BCUT2D eigenvalue weighted by atomic mass is 35.5. The Balaban J connectivity index is 2.28. The Bertz CT molecular complexity index is 943. The maximum atomic E-state index is 12.9. The summed E-state index contributed by atoms with van der Waals surface area (Å²) in [5, 5.41) is 3.49. The van der Waals surface area contributed by atoms with E-state index in [1.807, 2.05) is 32.9 Å². The second kappa shape index (κ2) is 8.97. The molecule has 0 heterocycles. The number of nitrogens with one attached hydrogen (secondary N) is 1. The van der Waals surface area contributed by atoms with Gasteiger partial charge in [0, 0.05) is 5.02 Å². The molecule has 1 N–H and O–H groups in total. The minimum atomic E-state index is -3.67. The predicted octanol–water partition coefficient (Wildman–Crippen LogP) is 4.38. The molecule has 5 nitrogen and oxygen atoms in total. The Morgan fingerprint density at radius 1 is 1.11 bits per heavy atom. The van der Waals surface area contributed by atoms with Gasteiger partial charge in [-0.25, -0.2) is 8.42 Å². The Kier molecular flexibility index (Phi) is 7.12. The van der Waals surface area contributed by atoms with E-state index < -0.39 is 16.1 Å². The molecular weight excluding hydrogens is 396 g/mol. The van der Waals surface area contributed by atoms with E-state index >= 15 is 0 Å². The minimum Gasteiger partial charge on any atom is -0.347 e. The van der Waals surface area contributed by atoms with E-state index in [9.17, 15) is 13.2 Å². The van der Waals surface area contributed by atoms with E-state index in [-0.39, 0.29) is 11.9 Å². The third kappa shape index (κ3) is 5.26. The fraction of sp³-hybridized carbons (Fsp3) is 0.381. The summed E-state index contributed by atoms with van der Waals surface area (Å²) >= 11 is 5.90. The highest BCUT2D eigenvalue weighted by Gasteiger charge is 2.30. The second-order valence-corrected chi connectivity index (χ2v) is 9.32. The highest BCUT2D eigenvalue weighted by Crippen LogP contribution is 2.24. The molecule has 1 amide bonds. The third-order valence-electron chi connectivity index (χ3n) is 4.83. The first-order valence-electron chi connectivity index (χ1n) is 9.17. The Morgan fingerprint density at radius 2 is 1.71 bits per heavy atom. The van der Waals surface area contributed by atoms with Gasteiger partial charge in [0.05, 0.1) is 18.0 Å². The van der Waals surface area contributed by atoms with E-state index in [1.54, 1.807) is 31.2 Å². The lowest BCUT2D eigenvalue weighted by atomic mass is 9.99. The predicted molar refractivity (Wildman–Crippen MR) is 115 cm³/mol. The molecule has 2 aromatic rings. The zero-order valence-electron chi connectivity index (χ0n) is 16.9. The van der Waals surface area contributed by atoms with Crippen molar-refractivity contribution < 1.29 is 13.2 Å². The summed E-state index contributed by atoms with van der Waals surface area (Å²) in [6.07, 6.45) is 1.78. The zero-order chi connectivity index (χ0) is 21.1. The first kappa shape index (κ1) is 22.2. The molecule has 0 aliphatic heterocycles. The van der Waals surface area contributed by atoms with Crippen LogP contribution >= 0.6 is 11.6 Å². The second-order valence-electron chi connectivity index (χ2n) is 7.02. The number of hydrogen-bond acceptors (Lipinski definition) is 3. The lowest BCUT2D eigenvalue weighted by Gasteiger charge is -2.30. The van der Waals surface area contributed by atoms with Gasteiger partial charge < -0.3 is 5.32 Å². The molecule has 0 aromatic heterocycles. The smallest absolute Gasteiger partial charge is 0.244 e. The molecule has 152 valence electrons. The number of rotatable bonds is 7. The largest absolute Gasteiger partial charge is 0.347 e. The maximum absolute atomic E-state index is 12.9. The van der Waals surface area contributed by atoms with Crippen molar-refractivity contribution in [3.05, 3.63) is 64.2 Å². The summed E-state index contributed by atoms with van der Waals surface area (Å²) in [4.78, 5) is 12.9. The van der Waals surface area contributed by atoms with Crippen LogP contribution in [0.2, 0.25) is 5.02 Å². The number of carbonyl (C=O) groups is 1. The van der Waals surface area contributed by atoms with Crippen LogP contribution in [0.25, 0.3) is 0 Å². The molecule has 0 saturated carbocycles. The summed E-state index contributed by atoms with van der Waals surface area (Å²) < 4.78 is 25.9. The van der Waals surface area contributed by atoms with Crippen molar-refractivity contribution in [1.29, 1.82) is 0 Å². The highest BCUT2D eigenvalue weighted by molar-refractivity contribution is 7.92. The Hall–Kier alpha value is -2.05. The molecule has 7 heteroatoms. The minimum absolute atomic E-state index is 0.194. The lowest BCUT2D eigenvalue weighted by Crippen LogP contribution is -2.48. The molecule has 0 fully saturated rings. The number of sulfonamides is 1. The molecule has 0 aliphatic rings. The molecule has 0 spiro atoms. The first-order valence-corrected chi connectivity index (χ1v) is 11.4. The van der Waals surface area contributed by atoms with Gasteiger partial charge in [0.1, 0.15) is 6.04 Å². The van der Waals surface area contributed by atoms with Gasteiger partial charge in [0.25, 0.3) is 0 Å². The van der Waals surface area contributed by atoms with Crippen LogP contribution in [0.15, 0.2) is 42.5 Å². The molecule has 2 rings (SSSR count). The van der Waals surface area contributed by atoms with Gasteiger partial charge in [-0.15, -0.1) is 0 Å². The average Bonchev–Trinajstić information content (AvgIpc) is 2.62. The quantitative estimate of drug-likeness (QED) is 0.720. The van der Waals surface area contributed by atoms with Crippen LogP contribution in [0, 0.1) is 13.8 Å². The topological polar surface area (TPSA) is 66.5 Å². The molecule has 28 heavy (non-hydrogen) atoms. The average molecular weight is 423 g/mol. The number of halogens is 1. The summed E-state index contributed by atoms with van der Waals surface area (Å²) in [5.74, 6) is -0.356. The maximum Gasteiger partial charge on any atom is 0.244 e. The van der Waals surface area contributed by atoms with E-state index in [1.165, 1.54) is 5.56 Å². The van der Waals surface area contributed by atoms with Gasteiger partial charge in [-0.3, -0.25) is 9.10 Å². The lowest BCUT2D eigenvalue weighted by molar-refractivity contribution is -0.122. The van der Waals surface area contributed by atoms with Crippen LogP contribution in [0.1, 0.15) is 43.0 Å². The molecule has 0 bridgehead atoms. The molecule has 0 saturated heterocycles. The number of nitrogens with zero attached hydrogens (tertiary/aromatic N) is 1. The Labute approximate surface area is 172 Å². The number of benzene rings is 2. The van der Waals surface area contributed by atoms with E-state index in [4.69, 9.17) is 11.6 Å². The van der Waals surface area contributed by atoms with Gasteiger partial charge in [0.2, 0.25) is 15.9 Å². The molecule has 2 atom stereocenters. The normalized spacial score (nSPS) is 13.6. The summed E-state index contributed by atoms with van der Waals surface area (Å²) in [7, 11) is -3.67. The standard InChI is InChI=1S/C21H27ClN2O3S/c1-6-20(17-8-7-14(2)15(3)13-17)23-21(25)16(4)24(28(5,26)27)19-11-9-18(22)10-12-19/h7-13,16,20H,6H2,1-5H3,(H,23,25)/t16-,20-/m1/s1. The molecule has 0 radical (unpaired) electrons. The summed E-state index contributed by atoms with van der Waals surface area (Å²) in [6.45, 7) is 7.63. The van der Waals surface area contributed by atoms with E-state index in [0.717, 1.165) is 21.7 Å². The molecule has 0 aliphatic carbocycles. The third-order valence-corrected chi connectivity index (χ3v) is 6.32. The van der Waals surface area contributed by atoms with Crippen molar-refractivity contribution in [3.63, 3.8) is 0 Å². The van der Waals surface area contributed by atoms with Crippen molar-refractivity contribution in [2.75, 3.05) is 10.6 Å². The van der Waals surface area contributed by atoms with Crippen LogP contribution in [0.5, 0.6) is 0 Å². The molecular formula is C21H27ClN2O3S. The Morgan fingerprint density at radius 3 is 2.21 bits per heavy atom. The number of hydrogen-bond donors (Lipinski definition) is 1. The monoisotopic (exact) mass is 422 g/mol. The van der Waals surface area contributed by atoms with Crippen LogP contribution in [0.4, 0.5) is 5.69 Å². The van der Waals surface area contributed by atoms with Gasteiger partial charge in [-0.2, -0.15) is 0 Å². The first-order chi connectivity index (χ1) is 13.0. The van der Waals surface area contributed by atoms with Gasteiger partial charge in [0.15, 0.2) is 0 Å². The van der Waals surface area contributed by atoms with E-state index in [0.29, 0.717) is 17.1 Å². The van der Waals surface area contributed by atoms with E-state index in [2.05, 4.69) is 11.4 Å². The van der Waals surface area contributed by atoms with Crippen molar-refractivity contribution >= 4 is 33.2 Å². The number of carbonyl (C=O) groups excluding carboxylic acids is 1. The molecule has 2 aromatic carbocycles. The van der Waals surface area contributed by atoms with Crippen LogP contribution in [0.3, 0.4) is 0 Å². The SMILES string of the molecule is CC[C@@H](NC(=O)[C@@H](C)N(c1ccc(Cl)cc1)S(C)(=O)=O)c1ccc(C)c(C)c1. The number of anilines is 1. The molecule has 0 unspecified atom stereocenters. The van der Waals surface area contributed by atoms with Crippen LogP contribution in [-0.2, 0) is 14.8 Å². The van der Waals surface area contributed by atoms with Gasteiger partial charge >= 0.3 is 0 Å². The van der Waals surface area contributed by atoms with Crippen molar-refractivity contribution in [3.8, 4) is 0 Å². The zero-order valence-corrected chi connectivity index (χ0v) is 18.4. The number of aryl methyl sites for hydroxylation is 2. The van der Waals surface area contributed by atoms with Gasteiger partial charge in [-0.05, 0) is 68.1 Å². The number of amides is 1. The van der Waals surface area contributed by atoms with Crippen LogP contribution < -0.4 is 9.62 Å². The van der Waals surface area contributed by atoms with Gasteiger partial charge in [-0.1, -0.05) is 36.7 Å². The fourth-order valence-electron chi connectivity index (χ4n) is 3.09. The summed E-state index contributed by atoms with van der Waals surface area (Å²) in [6, 6.07) is 11.4. The summed E-state index contributed by atoms with van der Waals surface area (Å²) in [5.41, 5.74) is 3.73.